The van der Waals surface area contributed by atoms with Crippen LogP contribution in [0.2, 0.25) is 0 Å². The van der Waals surface area contributed by atoms with Crippen LogP contribution >= 0.6 is 0 Å². The van der Waals surface area contributed by atoms with Crippen LogP contribution in [0.5, 0.6) is 5.75 Å². The van der Waals surface area contributed by atoms with Gasteiger partial charge in [0.1, 0.15) is 18.1 Å². The van der Waals surface area contributed by atoms with Crippen LogP contribution < -0.4 is 9.80 Å². The Morgan fingerprint density at radius 2 is 1.97 bits per heavy atom. The van der Waals surface area contributed by atoms with Crippen molar-refractivity contribution in [2.24, 2.45) is 4.99 Å². The molecule has 0 unspecified atom stereocenters. The van der Waals surface area contributed by atoms with Gasteiger partial charge in [0.05, 0.1) is 18.0 Å². The maximum atomic E-state index is 12.7. The summed E-state index contributed by atoms with van der Waals surface area (Å²) >= 11 is 0. The van der Waals surface area contributed by atoms with Crippen molar-refractivity contribution in [3.8, 4) is 5.75 Å². The van der Waals surface area contributed by atoms with Crippen LogP contribution in [0, 0.1) is 13.8 Å². The third-order valence-corrected chi connectivity index (χ3v) is 4.38. The molecule has 9 heteroatoms. The lowest BCUT2D eigenvalue weighted by Crippen LogP contribution is -2.22. The highest BCUT2D eigenvalue weighted by atomic mass is 19.3. The number of aromatic nitrogens is 2. The van der Waals surface area contributed by atoms with Crippen molar-refractivity contribution in [1.29, 1.82) is 0 Å². The number of hydrogen-bond acceptors (Lipinski definition) is 7. The van der Waals surface area contributed by atoms with Gasteiger partial charge in [0.15, 0.2) is 5.78 Å². The molecule has 0 N–H and O–H groups in total. The Morgan fingerprint density at radius 1 is 1.24 bits per heavy atom. The molecule has 29 heavy (non-hydrogen) atoms. The van der Waals surface area contributed by atoms with Crippen molar-refractivity contribution >= 4 is 17.4 Å². The number of aryl methyl sites for hydroxylation is 3. The summed E-state index contributed by atoms with van der Waals surface area (Å²) in [6.07, 6.45) is -1.32. The quantitative estimate of drug-likeness (QED) is 0.493. The molecule has 2 aromatic rings. The molecule has 0 fully saturated rings. The molecule has 1 aliphatic heterocycles. The normalized spacial score (nSPS) is 13.4. The Bertz CT molecular complexity index is 893. The number of carbonyl (C=O) groups is 1. The third kappa shape index (κ3) is 5.04. The second-order valence-corrected chi connectivity index (χ2v) is 6.74. The van der Waals surface area contributed by atoms with E-state index in [0.29, 0.717) is 24.4 Å². The van der Waals surface area contributed by atoms with E-state index in [1.165, 1.54) is 12.0 Å². The molecule has 0 aliphatic carbocycles. The zero-order valence-electron chi connectivity index (χ0n) is 16.5. The smallest absolute Gasteiger partial charge is 0.315 e. The lowest BCUT2D eigenvalue weighted by Gasteiger charge is -2.20. The lowest BCUT2D eigenvalue weighted by atomic mass is 10.1. The number of hydroxylamine groups is 1. The molecular formula is C20H22F2N4O3. The minimum absolute atomic E-state index is 0.0300. The maximum Gasteiger partial charge on any atom is 0.315 e. The molecule has 0 amide bonds. The molecule has 0 atom stereocenters. The number of benzene rings is 1. The number of rotatable bonds is 8. The summed E-state index contributed by atoms with van der Waals surface area (Å²) in [5.74, 6) is 0.0686. The first kappa shape index (κ1) is 20.6. The van der Waals surface area contributed by atoms with Gasteiger partial charge in [-0.25, -0.2) is 4.99 Å². The zero-order valence-corrected chi connectivity index (χ0v) is 16.5. The van der Waals surface area contributed by atoms with Crippen LogP contribution in [0.1, 0.15) is 40.7 Å². The fraction of sp³-hybridized carbons (Fsp3) is 0.400. The fourth-order valence-electron chi connectivity index (χ4n) is 2.96. The summed E-state index contributed by atoms with van der Waals surface area (Å²) in [4.78, 5) is 20.0. The van der Waals surface area contributed by atoms with Gasteiger partial charge in [0, 0.05) is 6.92 Å². The second kappa shape index (κ2) is 8.93. The summed E-state index contributed by atoms with van der Waals surface area (Å²) in [5, 5.41) is 9.27. The van der Waals surface area contributed by atoms with Crippen LogP contribution in [-0.2, 0) is 11.3 Å². The summed E-state index contributed by atoms with van der Waals surface area (Å²) in [6.45, 7) is 5.75. The molecule has 154 valence electrons. The average molecular weight is 404 g/mol. The molecule has 3 rings (SSSR count). The highest BCUT2D eigenvalue weighted by Crippen LogP contribution is 2.30. The van der Waals surface area contributed by atoms with E-state index in [1.54, 1.807) is 12.1 Å². The second-order valence-electron chi connectivity index (χ2n) is 6.74. The summed E-state index contributed by atoms with van der Waals surface area (Å²) in [5.41, 5.74) is 3.54. The first-order valence-corrected chi connectivity index (χ1v) is 9.20. The van der Waals surface area contributed by atoms with E-state index >= 15 is 0 Å². The third-order valence-electron chi connectivity index (χ3n) is 4.38. The highest BCUT2D eigenvalue weighted by Gasteiger charge is 2.26. The number of ketones is 1. The fourth-order valence-corrected chi connectivity index (χ4v) is 2.96. The van der Waals surface area contributed by atoms with E-state index in [1.807, 2.05) is 26.0 Å². The molecular weight excluding hydrogens is 382 g/mol. The molecule has 0 radical (unpaired) electrons. The van der Waals surface area contributed by atoms with Crippen LogP contribution in [0.15, 0.2) is 29.3 Å². The van der Waals surface area contributed by atoms with Crippen molar-refractivity contribution in [3.63, 3.8) is 0 Å². The van der Waals surface area contributed by atoms with E-state index in [0.717, 1.165) is 29.0 Å². The topological polar surface area (TPSA) is 76.9 Å². The van der Waals surface area contributed by atoms with Gasteiger partial charge in [-0.3, -0.25) is 4.79 Å². The number of halogens is 2. The van der Waals surface area contributed by atoms with Crippen molar-refractivity contribution in [1.82, 2.24) is 10.2 Å². The van der Waals surface area contributed by atoms with Crippen LogP contribution in [0.25, 0.3) is 0 Å². The first-order valence-electron chi connectivity index (χ1n) is 9.20. The Kier molecular flexibility index (Phi) is 6.36. The van der Waals surface area contributed by atoms with Crippen molar-refractivity contribution < 1.29 is 23.1 Å². The lowest BCUT2D eigenvalue weighted by molar-refractivity contribution is 0.101. The average Bonchev–Trinajstić information content (AvgIpc) is 3.17. The number of Topliss-reactive ketones (excluding diaryl/α,β-unsaturated/α-hetero) is 1. The number of carbonyl (C=O) groups excluding carboxylic acids is 1. The monoisotopic (exact) mass is 404 g/mol. The van der Waals surface area contributed by atoms with Gasteiger partial charge in [-0.2, -0.15) is 18.9 Å². The van der Waals surface area contributed by atoms with E-state index in [4.69, 9.17) is 9.57 Å². The molecule has 1 aliphatic rings. The Morgan fingerprint density at radius 3 is 2.52 bits per heavy atom. The number of ether oxygens (including phenoxy) is 1. The highest BCUT2D eigenvalue weighted by molar-refractivity contribution is 5.91. The largest absolute Gasteiger partial charge is 0.493 e. The summed E-state index contributed by atoms with van der Waals surface area (Å²) < 4.78 is 31.3. The maximum absolute atomic E-state index is 12.7. The standard InChI is InChI=1S/C20H22F2N4O3/c1-12-9-16(26-11-23-20(29-26)19(21)22)10-13(2)18(12)28-8-4-5-15-6-7-17(14(3)27)25-24-15/h6-7,9-10,19H,4-5,8,11H2,1-3H3. The van der Waals surface area contributed by atoms with Gasteiger partial charge >= 0.3 is 6.43 Å². The van der Waals surface area contributed by atoms with E-state index in [9.17, 15) is 13.6 Å². The van der Waals surface area contributed by atoms with Gasteiger partial charge < -0.3 is 9.57 Å². The number of aliphatic imine (C=N–C) groups is 1. The molecule has 1 aromatic heterocycles. The molecule has 0 bridgehead atoms. The Balaban J connectivity index is 1.54. The summed E-state index contributed by atoms with van der Waals surface area (Å²) in [7, 11) is 0. The Hall–Kier alpha value is -3.10. The van der Waals surface area contributed by atoms with Crippen LogP contribution in [-0.4, -0.2) is 41.6 Å². The predicted molar refractivity (Wildman–Crippen MR) is 104 cm³/mol. The molecule has 0 saturated carbocycles. The Labute approximate surface area is 167 Å². The number of hydrogen-bond donors (Lipinski definition) is 0. The number of nitrogens with zero attached hydrogens (tertiary/aromatic N) is 4. The number of anilines is 1. The van der Waals surface area contributed by atoms with E-state index in [2.05, 4.69) is 15.2 Å². The molecule has 0 saturated heterocycles. The van der Waals surface area contributed by atoms with Crippen molar-refractivity contribution in [2.45, 2.75) is 40.0 Å². The van der Waals surface area contributed by atoms with Crippen LogP contribution in [0.3, 0.4) is 0 Å². The van der Waals surface area contributed by atoms with E-state index < -0.39 is 12.3 Å². The van der Waals surface area contributed by atoms with Crippen molar-refractivity contribution in [2.75, 3.05) is 18.3 Å². The van der Waals surface area contributed by atoms with Crippen LogP contribution in [0.4, 0.5) is 14.5 Å². The van der Waals surface area contributed by atoms with Gasteiger partial charge in [-0.15, -0.1) is 5.10 Å². The summed E-state index contributed by atoms with van der Waals surface area (Å²) in [6, 6.07) is 7.10. The minimum Gasteiger partial charge on any atom is -0.493 e. The SMILES string of the molecule is CC(=O)c1ccc(CCCOc2c(C)cc(N3CN=C(C(F)F)O3)cc2C)nn1. The number of alkyl halides is 2. The van der Waals surface area contributed by atoms with Gasteiger partial charge in [0.25, 0.3) is 5.90 Å². The van der Waals surface area contributed by atoms with Gasteiger partial charge in [0.2, 0.25) is 0 Å². The molecule has 0 spiro atoms. The van der Waals surface area contributed by atoms with E-state index in [-0.39, 0.29) is 12.5 Å². The first-order chi connectivity index (χ1) is 13.8. The minimum atomic E-state index is -2.73. The zero-order chi connectivity index (χ0) is 21.0. The molecule has 7 nitrogen and oxygen atoms in total. The van der Waals surface area contributed by atoms with Crippen molar-refractivity contribution in [3.05, 3.63) is 46.8 Å². The van der Waals surface area contributed by atoms with Gasteiger partial charge in [-0.1, -0.05) is 0 Å². The predicted octanol–water partition coefficient (Wildman–Crippen LogP) is 3.68. The molecule has 2 heterocycles. The molecule has 1 aromatic carbocycles. The van der Waals surface area contributed by atoms with Gasteiger partial charge in [-0.05, 0) is 62.1 Å².